The molecule has 1 rings (SSSR count). The second kappa shape index (κ2) is 5.26. The lowest BCUT2D eigenvalue weighted by atomic mass is 10.1. The molecule has 0 aliphatic rings. The predicted molar refractivity (Wildman–Crippen MR) is 56.6 cm³/mol. The van der Waals surface area contributed by atoms with Crippen LogP contribution in [0.15, 0.2) is 18.2 Å². The number of hydrogen-bond acceptors (Lipinski definition) is 6. The number of nitro benzene ring substituents is 1. The van der Waals surface area contributed by atoms with E-state index in [2.05, 4.69) is 4.74 Å². The number of rotatable bonds is 4. The summed E-state index contributed by atoms with van der Waals surface area (Å²) in [6, 6.07) is 4.07. The lowest BCUT2D eigenvalue weighted by Crippen LogP contribution is -2.15. The SMILES string of the molecule is COC(=O)C(O)c1cccc(OC)c1[N+](=O)[O-]. The lowest BCUT2D eigenvalue weighted by molar-refractivity contribution is -0.387. The summed E-state index contributed by atoms with van der Waals surface area (Å²) in [4.78, 5) is 21.3. The minimum Gasteiger partial charge on any atom is -0.490 e. The Morgan fingerprint density at radius 2 is 2.12 bits per heavy atom. The van der Waals surface area contributed by atoms with Gasteiger partial charge in [-0.25, -0.2) is 4.79 Å². The predicted octanol–water partition coefficient (Wildman–Crippen LogP) is 0.810. The van der Waals surface area contributed by atoms with Gasteiger partial charge in [-0.3, -0.25) is 10.1 Å². The number of aliphatic hydroxyl groups is 1. The zero-order chi connectivity index (χ0) is 13.0. The van der Waals surface area contributed by atoms with Gasteiger partial charge in [-0.1, -0.05) is 6.07 Å². The van der Waals surface area contributed by atoms with Gasteiger partial charge in [-0.05, 0) is 12.1 Å². The Morgan fingerprint density at radius 1 is 1.47 bits per heavy atom. The van der Waals surface area contributed by atoms with Crippen molar-refractivity contribution in [2.24, 2.45) is 0 Å². The zero-order valence-electron chi connectivity index (χ0n) is 9.25. The number of hydrogen-bond donors (Lipinski definition) is 1. The fraction of sp³-hybridized carbons (Fsp3) is 0.300. The molecular weight excluding hydrogens is 230 g/mol. The number of carbonyl (C=O) groups is 1. The minimum absolute atomic E-state index is 0.0320. The Bertz CT molecular complexity index is 444. The Morgan fingerprint density at radius 3 is 2.59 bits per heavy atom. The highest BCUT2D eigenvalue weighted by Gasteiger charge is 2.29. The highest BCUT2D eigenvalue weighted by atomic mass is 16.6. The molecule has 1 N–H and O–H groups in total. The number of benzene rings is 1. The molecule has 0 aliphatic carbocycles. The molecule has 1 aromatic rings. The van der Waals surface area contributed by atoms with Crippen LogP contribution in [0.4, 0.5) is 5.69 Å². The summed E-state index contributed by atoms with van der Waals surface area (Å²) in [6.07, 6.45) is -1.71. The van der Waals surface area contributed by atoms with Crippen LogP contribution in [0.1, 0.15) is 11.7 Å². The van der Waals surface area contributed by atoms with E-state index in [1.807, 2.05) is 0 Å². The lowest BCUT2D eigenvalue weighted by Gasteiger charge is -2.10. The fourth-order valence-corrected chi connectivity index (χ4v) is 1.36. The maximum atomic E-state index is 11.2. The molecule has 0 aliphatic heterocycles. The van der Waals surface area contributed by atoms with Crippen molar-refractivity contribution in [2.45, 2.75) is 6.10 Å². The standard InChI is InChI=1S/C10H11NO6/c1-16-7-5-3-4-6(8(7)11(14)15)9(12)10(13)17-2/h3-5,9,12H,1-2H3. The number of ether oxygens (including phenoxy) is 2. The Balaban J connectivity index is 3.32. The van der Waals surface area contributed by atoms with Crippen molar-refractivity contribution in [1.29, 1.82) is 0 Å². The monoisotopic (exact) mass is 241 g/mol. The first-order valence-corrected chi connectivity index (χ1v) is 4.60. The third-order valence-corrected chi connectivity index (χ3v) is 2.15. The average molecular weight is 241 g/mol. The molecule has 17 heavy (non-hydrogen) atoms. The quantitative estimate of drug-likeness (QED) is 0.475. The number of para-hydroxylation sites is 1. The highest BCUT2D eigenvalue weighted by molar-refractivity contribution is 5.78. The summed E-state index contributed by atoms with van der Waals surface area (Å²) < 4.78 is 9.13. The molecule has 0 heterocycles. The van der Waals surface area contributed by atoms with Crippen LogP contribution in [-0.4, -0.2) is 30.2 Å². The normalized spacial score (nSPS) is 11.7. The Kier molecular flexibility index (Phi) is 4.00. The van der Waals surface area contributed by atoms with Crippen molar-refractivity contribution in [2.75, 3.05) is 14.2 Å². The van der Waals surface area contributed by atoms with Gasteiger partial charge in [0.15, 0.2) is 11.9 Å². The van der Waals surface area contributed by atoms with Gasteiger partial charge < -0.3 is 14.6 Å². The maximum Gasteiger partial charge on any atom is 0.339 e. The number of aliphatic hydroxyl groups excluding tert-OH is 1. The molecule has 0 amide bonds. The molecule has 1 unspecified atom stereocenters. The zero-order valence-corrected chi connectivity index (χ0v) is 9.25. The number of esters is 1. The van der Waals surface area contributed by atoms with Gasteiger partial charge in [0.2, 0.25) is 0 Å². The van der Waals surface area contributed by atoms with Gasteiger partial charge >= 0.3 is 11.7 Å². The van der Waals surface area contributed by atoms with E-state index in [9.17, 15) is 20.0 Å². The first-order valence-electron chi connectivity index (χ1n) is 4.60. The van der Waals surface area contributed by atoms with Gasteiger partial charge in [0.1, 0.15) is 0 Å². The van der Waals surface area contributed by atoms with Crippen molar-refractivity contribution < 1.29 is 24.3 Å². The number of carbonyl (C=O) groups excluding carboxylic acids is 1. The van der Waals surface area contributed by atoms with Crippen LogP contribution in [0.25, 0.3) is 0 Å². The third kappa shape index (κ3) is 2.51. The smallest absolute Gasteiger partial charge is 0.339 e. The topological polar surface area (TPSA) is 98.9 Å². The molecule has 1 atom stereocenters. The van der Waals surface area contributed by atoms with E-state index in [1.165, 1.54) is 25.3 Å². The molecule has 0 fully saturated rings. The van der Waals surface area contributed by atoms with Crippen molar-refractivity contribution in [3.05, 3.63) is 33.9 Å². The van der Waals surface area contributed by atoms with E-state index in [0.717, 1.165) is 7.11 Å². The summed E-state index contributed by atoms with van der Waals surface area (Å²) >= 11 is 0. The largest absolute Gasteiger partial charge is 0.490 e. The van der Waals surface area contributed by atoms with E-state index in [4.69, 9.17) is 4.74 Å². The van der Waals surface area contributed by atoms with Crippen molar-refractivity contribution in [3.8, 4) is 5.75 Å². The molecule has 7 nitrogen and oxygen atoms in total. The molecule has 0 saturated heterocycles. The van der Waals surface area contributed by atoms with Gasteiger partial charge in [-0.15, -0.1) is 0 Å². The van der Waals surface area contributed by atoms with Gasteiger partial charge in [-0.2, -0.15) is 0 Å². The van der Waals surface area contributed by atoms with Gasteiger partial charge in [0.25, 0.3) is 0 Å². The number of methoxy groups -OCH3 is 2. The fourth-order valence-electron chi connectivity index (χ4n) is 1.36. The van der Waals surface area contributed by atoms with Crippen molar-refractivity contribution >= 4 is 11.7 Å². The highest BCUT2D eigenvalue weighted by Crippen LogP contribution is 2.34. The second-order valence-corrected chi connectivity index (χ2v) is 3.08. The Hall–Kier alpha value is -2.15. The minimum atomic E-state index is -1.71. The number of nitrogens with zero attached hydrogens (tertiary/aromatic N) is 1. The van der Waals surface area contributed by atoms with Crippen LogP contribution in [0.2, 0.25) is 0 Å². The molecular formula is C10H11NO6. The average Bonchev–Trinajstić information content (AvgIpc) is 2.35. The van der Waals surface area contributed by atoms with Crippen molar-refractivity contribution in [1.82, 2.24) is 0 Å². The first-order chi connectivity index (χ1) is 8.02. The molecule has 1 aromatic carbocycles. The summed E-state index contributed by atoms with van der Waals surface area (Å²) in [5.74, 6) is -1.00. The van der Waals surface area contributed by atoms with Gasteiger partial charge in [0.05, 0.1) is 24.7 Å². The van der Waals surface area contributed by atoms with Crippen LogP contribution in [0.5, 0.6) is 5.75 Å². The van der Waals surface area contributed by atoms with E-state index >= 15 is 0 Å². The van der Waals surface area contributed by atoms with E-state index in [1.54, 1.807) is 0 Å². The Labute approximate surface area is 96.7 Å². The molecule has 92 valence electrons. The van der Waals surface area contributed by atoms with E-state index in [0.29, 0.717) is 0 Å². The van der Waals surface area contributed by atoms with Crippen molar-refractivity contribution in [3.63, 3.8) is 0 Å². The summed E-state index contributed by atoms with van der Waals surface area (Å²) in [5.41, 5.74) is -0.617. The molecule has 0 aromatic heterocycles. The summed E-state index contributed by atoms with van der Waals surface area (Å²) in [5, 5.41) is 20.5. The summed E-state index contributed by atoms with van der Waals surface area (Å²) in [6.45, 7) is 0. The van der Waals surface area contributed by atoms with Crippen LogP contribution in [0, 0.1) is 10.1 Å². The van der Waals surface area contributed by atoms with Crippen LogP contribution in [-0.2, 0) is 9.53 Å². The van der Waals surface area contributed by atoms with Crippen LogP contribution in [0.3, 0.4) is 0 Å². The molecule has 0 saturated carbocycles. The molecule has 0 spiro atoms. The van der Waals surface area contributed by atoms with E-state index < -0.39 is 22.7 Å². The maximum absolute atomic E-state index is 11.2. The molecule has 0 radical (unpaired) electrons. The van der Waals surface area contributed by atoms with E-state index in [-0.39, 0.29) is 11.3 Å². The van der Waals surface area contributed by atoms with Gasteiger partial charge in [0, 0.05) is 0 Å². The summed E-state index contributed by atoms with van der Waals surface area (Å²) in [7, 11) is 2.34. The van der Waals surface area contributed by atoms with Crippen LogP contribution < -0.4 is 4.74 Å². The van der Waals surface area contributed by atoms with Crippen LogP contribution >= 0.6 is 0 Å². The third-order valence-electron chi connectivity index (χ3n) is 2.15. The molecule has 7 heteroatoms. The number of nitro groups is 1. The second-order valence-electron chi connectivity index (χ2n) is 3.08. The molecule has 0 bridgehead atoms. The first kappa shape index (κ1) is 12.9.